The number of carbonyl (C=O) groups is 2. The molecule has 0 unspecified atom stereocenters. The van der Waals surface area contributed by atoms with E-state index in [-0.39, 0.29) is 24.1 Å². The summed E-state index contributed by atoms with van der Waals surface area (Å²) in [6.07, 6.45) is 1.88. The number of fused-ring (bicyclic) bond motifs is 1. The number of halogens is 2. The highest BCUT2D eigenvalue weighted by atomic mass is 19.2. The maximum atomic E-state index is 13.7. The van der Waals surface area contributed by atoms with E-state index >= 15 is 0 Å². The number of anilines is 2. The third-order valence-electron chi connectivity index (χ3n) is 6.47. The summed E-state index contributed by atoms with van der Waals surface area (Å²) in [6, 6.07) is 20.9. The van der Waals surface area contributed by atoms with Gasteiger partial charge in [-0.25, -0.2) is 13.8 Å². The van der Waals surface area contributed by atoms with Crippen LogP contribution in [0.5, 0.6) is 5.75 Å². The third kappa shape index (κ3) is 6.04. The second-order valence-corrected chi connectivity index (χ2v) is 9.23. The molecule has 0 bridgehead atoms. The fourth-order valence-electron chi connectivity index (χ4n) is 4.39. The van der Waals surface area contributed by atoms with Gasteiger partial charge < -0.3 is 20.7 Å². The molecule has 0 aliphatic carbocycles. The number of carbonyl (C=O) groups excluding carboxylic acids is 2. The summed E-state index contributed by atoms with van der Waals surface area (Å²) in [5.41, 5.74) is 3.30. The molecule has 1 aliphatic rings. The Labute approximate surface area is 224 Å². The molecule has 1 aliphatic heterocycles. The molecule has 2 atom stereocenters. The van der Waals surface area contributed by atoms with Gasteiger partial charge in [0.1, 0.15) is 18.2 Å². The molecule has 3 aromatic carbocycles. The molecule has 3 N–H and O–H groups in total. The van der Waals surface area contributed by atoms with Crippen molar-refractivity contribution in [3.63, 3.8) is 0 Å². The molecule has 2 amide bonds. The van der Waals surface area contributed by atoms with Crippen LogP contribution in [-0.4, -0.2) is 23.4 Å². The highest BCUT2D eigenvalue weighted by Gasteiger charge is 2.21. The molecule has 1 aromatic heterocycles. The van der Waals surface area contributed by atoms with Crippen molar-refractivity contribution in [2.75, 3.05) is 17.2 Å². The van der Waals surface area contributed by atoms with E-state index in [2.05, 4.69) is 20.9 Å². The van der Waals surface area contributed by atoms with Crippen LogP contribution in [0.4, 0.5) is 20.3 Å². The van der Waals surface area contributed by atoms with E-state index < -0.39 is 23.6 Å². The Morgan fingerprint density at radius 2 is 1.82 bits per heavy atom. The van der Waals surface area contributed by atoms with Crippen molar-refractivity contribution >= 4 is 23.3 Å². The second-order valence-electron chi connectivity index (χ2n) is 9.23. The van der Waals surface area contributed by atoms with Crippen LogP contribution in [0.15, 0.2) is 85.1 Å². The Balaban J connectivity index is 1.34. The lowest BCUT2D eigenvalue weighted by Crippen LogP contribution is -2.29. The molecule has 0 spiro atoms. The summed E-state index contributed by atoms with van der Waals surface area (Å²) in [6.45, 7) is 1.90. The van der Waals surface area contributed by atoms with E-state index in [1.54, 1.807) is 31.3 Å². The highest BCUT2D eigenvalue weighted by Crippen LogP contribution is 2.29. The van der Waals surface area contributed by atoms with E-state index in [1.807, 2.05) is 42.5 Å². The molecule has 0 saturated heterocycles. The second kappa shape index (κ2) is 11.3. The Bertz CT molecular complexity index is 1510. The molecule has 5 rings (SSSR count). The van der Waals surface area contributed by atoms with Crippen molar-refractivity contribution in [2.45, 2.75) is 25.4 Å². The Hall–Kier alpha value is -4.79. The van der Waals surface area contributed by atoms with Crippen LogP contribution in [0.1, 0.15) is 46.1 Å². The fourth-order valence-corrected chi connectivity index (χ4v) is 4.39. The first kappa shape index (κ1) is 25.8. The summed E-state index contributed by atoms with van der Waals surface area (Å²) < 4.78 is 33.2. The largest absolute Gasteiger partial charge is 0.491 e. The monoisotopic (exact) mass is 528 g/mol. The maximum Gasteiger partial charge on any atom is 0.255 e. The predicted octanol–water partition coefficient (Wildman–Crippen LogP) is 5.58. The lowest BCUT2D eigenvalue weighted by molar-refractivity contribution is -0.115. The van der Waals surface area contributed by atoms with Crippen LogP contribution in [0.2, 0.25) is 0 Å². The highest BCUT2D eigenvalue weighted by molar-refractivity contribution is 5.99. The topological polar surface area (TPSA) is 92.3 Å². The van der Waals surface area contributed by atoms with Crippen LogP contribution < -0.4 is 20.7 Å². The summed E-state index contributed by atoms with van der Waals surface area (Å²) in [5.74, 6) is -1.44. The van der Waals surface area contributed by atoms with Crippen molar-refractivity contribution < 1.29 is 23.1 Å². The number of pyridine rings is 1. The first-order chi connectivity index (χ1) is 18.9. The predicted molar refractivity (Wildman–Crippen MR) is 144 cm³/mol. The Morgan fingerprint density at radius 3 is 2.62 bits per heavy atom. The molecular weight excluding hydrogens is 502 g/mol. The number of nitrogens with one attached hydrogen (secondary N) is 3. The first-order valence-corrected chi connectivity index (χ1v) is 12.5. The quantitative estimate of drug-likeness (QED) is 0.264. The minimum Gasteiger partial charge on any atom is -0.491 e. The number of hydrogen-bond acceptors (Lipinski definition) is 5. The van der Waals surface area contributed by atoms with E-state index in [0.717, 1.165) is 28.9 Å². The normalized spacial score (nSPS) is 13.7. The SMILES string of the molecule is C[C@H](NC(=O)c1cccnc1N[C@@H](COc1ccc2c(c1)CC(=O)N2)c1ccccc1)c1ccc(F)c(F)c1. The van der Waals surface area contributed by atoms with Crippen LogP contribution in [-0.2, 0) is 11.2 Å². The van der Waals surface area contributed by atoms with Gasteiger partial charge in [0.05, 0.1) is 24.1 Å². The number of nitrogens with zero attached hydrogens (tertiary/aromatic N) is 1. The molecule has 0 saturated carbocycles. The Kier molecular flexibility index (Phi) is 7.49. The van der Waals surface area contributed by atoms with Crippen molar-refractivity contribution in [3.05, 3.63) is 119 Å². The van der Waals surface area contributed by atoms with Gasteiger partial charge >= 0.3 is 0 Å². The molecule has 39 heavy (non-hydrogen) atoms. The van der Waals surface area contributed by atoms with Crippen molar-refractivity contribution in [3.8, 4) is 5.75 Å². The molecule has 198 valence electrons. The number of ether oxygens (including phenoxy) is 1. The summed E-state index contributed by atoms with van der Waals surface area (Å²) in [7, 11) is 0. The molecular formula is C30H26F2N4O3. The lowest BCUT2D eigenvalue weighted by atomic mass is 10.1. The van der Waals surface area contributed by atoms with Gasteiger partial charge in [-0.3, -0.25) is 9.59 Å². The number of amides is 2. The molecule has 0 fully saturated rings. The first-order valence-electron chi connectivity index (χ1n) is 12.5. The van der Waals surface area contributed by atoms with Crippen molar-refractivity contribution in [1.29, 1.82) is 0 Å². The van der Waals surface area contributed by atoms with Crippen LogP contribution in [0, 0.1) is 11.6 Å². The van der Waals surface area contributed by atoms with Gasteiger partial charge in [-0.2, -0.15) is 0 Å². The minimum atomic E-state index is -0.978. The van der Waals surface area contributed by atoms with Crippen LogP contribution >= 0.6 is 0 Å². The molecule has 0 radical (unpaired) electrons. The number of hydrogen-bond donors (Lipinski definition) is 3. The number of rotatable bonds is 9. The summed E-state index contributed by atoms with van der Waals surface area (Å²) >= 11 is 0. The van der Waals surface area contributed by atoms with Gasteiger partial charge in [0.25, 0.3) is 5.91 Å². The van der Waals surface area contributed by atoms with E-state index in [9.17, 15) is 18.4 Å². The van der Waals surface area contributed by atoms with E-state index in [1.165, 1.54) is 6.07 Å². The van der Waals surface area contributed by atoms with Gasteiger partial charge in [0.2, 0.25) is 5.91 Å². The smallest absolute Gasteiger partial charge is 0.255 e. The standard InChI is InChI=1S/C30H26F2N4O3/c1-18(20-9-11-24(31)25(32)15-20)34-30(38)23-8-5-13-33-29(23)36-27(19-6-3-2-4-7-19)17-39-22-10-12-26-21(14-22)16-28(37)35-26/h2-15,18,27H,16-17H2,1H3,(H,33,36)(H,34,38)(H,35,37)/t18-,27-/m0/s1. The average molecular weight is 529 g/mol. The lowest BCUT2D eigenvalue weighted by Gasteiger charge is -2.22. The zero-order valence-electron chi connectivity index (χ0n) is 21.1. The van der Waals surface area contributed by atoms with Crippen molar-refractivity contribution in [2.24, 2.45) is 0 Å². The van der Waals surface area contributed by atoms with Crippen LogP contribution in [0.25, 0.3) is 0 Å². The zero-order chi connectivity index (χ0) is 27.4. The summed E-state index contributed by atoms with van der Waals surface area (Å²) in [5, 5.41) is 8.96. The maximum absolute atomic E-state index is 13.7. The van der Waals surface area contributed by atoms with E-state index in [0.29, 0.717) is 23.6 Å². The third-order valence-corrected chi connectivity index (χ3v) is 6.47. The van der Waals surface area contributed by atoms with Gasteiger partial charge in [-0.1, -0.05) is 36.4 Å². The van der Waals surface area contributed by atoms with Gasteiger partial charge in [-0.05, 0) is 66.1 Å². The number of benzene rings is 3. The van der Waals surface area contributed by atoms with Gasteiger partial charge in [0, 0.05) is 11.9 Å². The van der Waals surface area contributed by atoms with Gasteiger partial charge in [-0.15, -0.1) is 0 Å². The molecule has 2 heterocycles. The zero-order valence-corrected chi connectivity index (χ0v) is 21.1. The molecule has 4 aromatic rings. The average Bonchev–Trinajstić information content (AvgIpc) is 3.32. The molecule has 9 heteroatoms. The number of aromatic nitrogens is 1. The Morgan fingerprint density at radius 1 is 1.00 bits per heavy atom. The van der Waals surface area contributed by atoms with Crippen molar-refractivity contribution in [1.82, 2.24) is 10.3 Å². The minimum absolute atomic E-state index is 0.0502. The van der Waals surface area contributed by atoms with E-state index in [4.69, 9.17) is 4.74 Å². The van der Waals surface area contributed by atoms with Crippen LogP contribution in [0.3, 0.4) is 0 Å². The van der Waals surface area contributed by atoms with Gasteiger partial charge in [0.15, 0.2) is 11.6 Å². The summed E-state index contributed by atoms with van der Waals surface area (Å²) in [4.78, 5) is 29.3. The molecule has 7 nitrogen and oxygen atoms in total. The fraction of sp³-hybridized carbons (Fsp3) is 0.167.